The highest BCUT2D eigenvalue weighted by Gasteiger charge is 2.40. The second kappa shape index (κ2) is 3.80. The van der Waals surface area contributed by atoms with Crippen molar-refractivity contribution in [3.05, 3.63) is 29.3 Å². The third-order valence-electron chi connectivity index (χ3n) is 3.48. The summed E-state index contributed by atoms with van der Waals surface area (Å²) in [6.45, 7) is 1.73. The molecule has 82 valence electrons. The largest absolute Gasteiger partial charge is 0.381 e. The summed E-state index contributed by atoms with van der Waals surface area (Å²) >= 11 is 1.96. The molecule has 1 spiro atoms. The van der Waals surface area contributed by atoms with Gasteiger partial charge in [-0.15, -0.1) is 11.8 Å². The molecule has 1 fully saturated rings. The maximum atomic E-state index is 9.10. The molecule has 1 saturated heterocycles. The van der Waals surface area contributed by atoms with Gasteiger partial charge in [0.1, 0.15) is 0 Å². The molecule has 16 heavy (non-hydrogen) atoms. The number of hydrogen-bond donors (Lipinski definition) is 0. The molecule has 0 saturated carbocycles. The number of nitrogens with zero attached hydrogens (tertiary/aromatic N) is 1. The summed E-state index contributed by atoms with van der Waals surface area (Å²) in [5, 5.41) is 9.10. The highest BCUT2D eigenvalue weighted by Crippen LogP contribution is 2.51. The average molecular weight is 231 g/mol. The van der Waals surface area contributed by atoms with E-state index in [0.717, 1.165) is 38.0 Å². The molecule has 0 bridgehead atoms. The molecule has 2 nitrogen and oxygen atoms in total. The van der Waals surface area contributed by atoms with Crippen LogP contribution in [0.2, 0.25) is 0 Å². The van der Waals surface area contributed by atoms with Crippen LogP contribution in [0.5, 0.6) is 0 Å². The summed E-state index contributed by atoms with van der Waals surface area (Å²) in [5.41, 5.74) is 2.12. The molecule has 2 heterocycles. The molecule has 3 rings (SSSR count). The molecule has 2 aliphatic rings. The third-order valence-corrected chi connectivity index (χ3v) is 5.07. The van der Waals surface area contributed by atoms with E-state index in [1.54, 1.807) is 0 Å². The zero-order valence-corrected chi connectivity index (χ0v) is 9.85. The lowest BCUT2D eigenvalue weighted by Gasteiger charge is -2.32. The molecule has 0 aromatic heterocycles. The molecule has 3 heteroatoms. The number of fused-ring (bicyclic) bond motifs is 1. The first kappa shape index (κ1) is 10.2. The smallest absolute Gasteiger partial charge is 0.0994 e. The highest BCUT2D eigenvalue weighted by atomic mass is 32.2. The van der Waals surface area contributed by atoms with Crippen LogP contribution < -0.4 is 0 Å². The van der Waals surface area contributed by atoms with E-state index in [0.29, 0.717) is 4.75 Å². The lowest BCUT2D eigenvalue weighted by atomic mass is 9.90. The summed E-state index contributed by atoms with van der Waals surface area (Å²) in [6, 6.07) is 8.37. The topological polar surface area (TPSA) is 33.0 Å². The van der Waals surface area contributed by atoms with Crippen molar-refractivity contribution in [2.75, 3.05) is 13.2 Å². The minimum Gasteiger partial charge on any atom is -0.381 e. The predicted molar refractivity (Wildman–Crippen MR) is 63.5 cm³/mol. The van der Waals surface area contributed by atoms with Crippen molar-refractivity contribution in [3.63, 3.8) is 0 Å². The van der Waals surface area contributed by atoms with Crippen LogP contribution in [-0.4, -0.2) is 18.0 Å². The Morgan fingerprint density at radius 3 is 2.88 bits per heavy atom. The van der Waals surface area contributed by atoms with Crippen molar-refractivity contribution in [2.24, 2.45) is 0 Å². The Morgan fingerprint density at radius 2 is 2.12 bits per heavy atom. The van der Waals surface area contributed by atoms with Crippen molar-refractivity contribution in [1.82, 2.24) is 0 Å². The molecule has 2 aliphatic heterocycles. The molecule has 1 aromatic carbocycles. The maximum absolute atomic E-state index is 9.10. The summed E-state index contributed by atoms with van der Waals surface area (Å²) in [7, 11) is 0. The van der Waals surface area contributed by atoms with Crippen LogP contribution >= 0.6 is 11.8 Å². The van der Waals surface area contributed by atoms with Gasteiger partial charge in [0.05, 0.1) is 11.6 Å². The molecule has 0 radical (unpaired) electrons. The standard InChI is InChI=1S/C13H13NOS/c14-9-10-2-1-3-12-11(10)8-13(16-12)4-6-15-7-5-13/h1-3H,4-8H2. The van der Waals surface area contributed by atoms with Crippen molar-refractivity contribution < 1.29 is 4.74 Å². The fraction of sp³-hybridized carbons (Fsp3) is 0.462. The minimum atomic E-state index is 0.313. The maximum Gasteiger partial charge on any atom is 0.0994 e. The SMILES string of the molecule is N#Cc1cccc2c1CC1(CCOCC1)S2. The highest BCUT2D eigenvalue weighted by molar-refractivity contribution is 8.01. The van der Waals surface area contributed by atoms with E-state index in [1.165, 1.54) is 10.5 Å². The Kier molecular flexibility index (Phi) is 2.42. The van der Waals surface area contributed by atoms with E-state index in [4.69, 9.17) is 10.00 Å². The van der Waals surface area contributed by atoms with Crippen molar-refractivity contribution >= 4 is 11.8 Å². The molecule has 0 N–H and O–H groups in total. The minimum absolute atomic E-state index is 0.313. The number of hydrogen-bond acceptors (Lipinski definition) is 3. The Bertz CT molecular complexity index is 457. The summed E-state index contributed by atoms with van der Waals surface area (Å²) in [6.07, 6.45) is 3.26. The lowest BCUT2D eigenvalue weighted by molar-refractivity contribution is 0.0782. The second-order valence-electron chi connectivity index (χ2n) is 4.47. The quantitative estimate of drug-likeness (QED) is 0.688. The van der Waals surface area contributed by atoms with Gasteiger partial charge < -0.3 is 4.74 Å². The van der Waals surface area contributed by atoms with Crippen LogP contribution in [0.25, 0.3) is 0 Å². The Morgan fingerprint density at radius 1 is 1.31 bits per heavy atom. The van der Waals surface area contributed by atoms with Gasteiger partial charge in [-0.2, -0.15) is 5.26 Å². The van der Waals surface area contributed by atoms with Gasteiger partial charge in [-0.1, -0.05) is 6.07 Å². The molecule has 0 amide bonds. The molecule has 1 aromatic rings. The first-order valence-corrected chi connectivity index (χ1v) is 6.43. The molecule has 0 aliphatic carbocycles. The lowest BCUT2D eigenvalue weighted by Crippen LogP contribution is -2.32. The van der Waals surface area contributed by atoms with E-state index in [1.807, 2.05) is 23.9 Å². The zero-order valence-electron chi connectivity index (χ0n) is 9.03. The van der Waals surface area contributed by atoms with Gasteiger partial charge in [0, 0.05) is 22.9 Å². The summed E-state index contributed by atoms with van der Waals surface area (Å²) < 4.78 is 5.75. The summed E-state index contributed by atoms with van der Waals surface area (Å²) in [4.78, 5) is 1.31. The van der Waals surface area contributed by atoms with E-state index >= 15 is 0 Å². The normalized spacial score (nSPS) is 21.7. The number of nitriles is 1. The number of benzene rings is 1. The predicted octanol–water partition coefficient (Wildman–Crippen LogP) is 2.76. The van der Waals surface area contributed by atoms with Crippen molar-refractivity contribution in [1.29, 1.82) is 5.26 Å². The molecular weight excluding hydrogens is 218 g/mol. The Balaban J connectivity index is 1.97. The monoisotopic (exact) mass is 231 g/mol. The van der Waals surface area contributed by atoms with Gasteiger partial charge in [0.2, 0.25) is 0 Å². The van der Waals surface area contributed by atoms with Gasteiger partial charge in [-0.05, 0) is 37.0 Å². The Labute approximate surface area is 99.6 Å². The van der Waals surface area contributed by atoms with Crippen LogP contribution in [0.15, 0.2) is 23.1 Å². The van der Waals surface area contributed by atoms with Crippen LogP contribution in [-0.2, 0) is 11.2 Å². The van der Waals surface area contributed by atoms with Crippen LogP contribution in [0.4, 0.5) is 0 Å². The van der Waals surface area contributed by atoms with E-state index in [-0.39, 0.29) is 0 Å². The van der Waals surface area contributed by atoms with Crippen molar-refractivity contribution in [2.45, 2.75) is 28.9 Å². The fourth-order valence-corrected chi connectivity index (χ4v) is 4.07. The fourth-order valence-electron chi connectivity index (χ4n) is 2.56. The van der Waals surface area contributed by atoms with Gasteiger partial charge >= 0.3 is 0 Å². The van der Waals surface area contributed by atoms with Crippen LogP contribution in [0, 0.1) is 11.3 Å². The van der Waals surface area contributed by atoms with Gasteiger partial charge in [0.15, 0.2) is 0 Å². The first-order chi connectivity index (χ1) is 7.83. The second-order valence-corrected chi connectivity index (χ2v) is 5.98. The van der Waals surface area contributed by atoms with Gasteiger partial charge in [-0.25, -0.2) is 0 Å². The zero-order chi connectivity index (χ0) is 11.0. The van der Waals surface area contributed by atoms with Crippen LogP contribution in [0.1, 0.15) is 24.0 Å². The van der Waals surface area contributed by atoms with E-state index in [2.05, 4.69) is 12.1 Å². The van der Waals surface area contributed by atoms with Crippen LogP contribution in [0.3, 0.4) is 0 Å². The summed E-state index contributed by atoms with van der Waals surface area (Å²) in [5.74, 6) is 0. The van der Waals surface area contributed by atoms with E-state index in [9.17, 15) is 0 Å². The molecule has 0 atom stereocenters. The number of ether oxygens (including phenoxy) is 1. The Hall–Kier alpha value is -0.980. The molecular formula is C13H13NOS. The van der Waals surface area contributed by atoms with Gasteiger partial charge in [-0.3, -0.25) is 0 Å². The number of rotatable bonds is 0. The van der Waals surface area contributed by atoms with Gasteiger partial charge in [0.25, 0.3) is 0 Å². The molecule has 0 unspecified atom stereocenters. The first-order valence-electron chi connectivity index (χ1n) is 5.62. The number of thioether (sulfide) groups is 1. The van der Waals surface area contributed by atoms with Crippen molar-refractivity contribution in [3.8, 4) is 6.07 Å². The third kappa shape index (κ3) is 1.53. The van der Waals surface area contributed by atoms with E-state index < -0.39 is 0 Å². The average Bonchev–Trinajstić information content (AvgIpc) is 2.67.